The van der Waals surface area contributed by atoms with Crippen molar-refractivity contribution in [1.29, 1.82) is 0 Å². The van der Waals surface area contributed by atoms with Crippen molar-refractivity contribution in [2.24, 2.45) is 0 Å². The highest BCUT2D eigenvalue weighted by atomic mass is 15.2. The van der Waals surface area contributed by atoms with E-state index in [4.69, 9.17) is 0 Å². The van der Waals surface area contributed by atoms with E-state index in [1.807, 2.05) is 0 Å². The molecule has 0 saturated heterocycles. The molecule has 0 aliphatic carbocycles. The van der Waals surface area contributed by atoms with Gasteiger partial charge in [-0.3, -0.25) is 0 Å². The van der Waals surface area contributed by atoms with Crippen molar-refractivity contribution in [3.05, 3.63) is 200 Å². The summed E-state index contributed by atoms with van der Waals surface area (Å²) in [6.45, 7) is 4.38. The first-order chi connectivity index (χ1) is 26.2. The van der Waals surface area contributed by atoms with Crippen molar-refractivity contribution in [3.8, 4) is 11.1 Å². The fraction of sp³-hybridized carbons (Fsp3) is 0.0612. The predicted octanol–water partition coefficient (Wildman–Crippen LogP) is 11.4. The monoisotopic (exact) mass is 681 g/mol. The highest BCUT2D eigenvalue weighted by Crippen LogP contribution is 2.45. The molecule has 4 heteroatoms. The van der Waals surface area contributed by atoms with Gasteiger partial charge in [0, 0.05) is 51.2 Å². The number of fused-ring (bicyclic) bond motifs is 4. The van der Waals surface area contributed by atoms with Crippen LogP contribution in [0.5, 0.6) is 0 Å². The van der Waals surface area contributed by atoms with Gasteiger partial charge in [0.15, 0.2) is 0 Å². The molecule has 0 radical (unpaired) electrons. The second-order valence-corrected chi connectivity index (χ2v) is 13.6. The maximum atomic E-state index is 2.49. The van der Waals surface area contributed by atoms with Gasteiger partial charge in [-0.2, -0.15) is 0 Å². The average molecular weight is 682 g/mol. The summed E-state index contributed by atoms with van der Waals surface area (Å²) in [4.78, 5) is 7.32. The maximum absolute atomic E-state index is 2.49. The third-order valence-electron chi connectivity index (χ3n) is 10.4. The van der Waals surface area contributed by atoms with Crippen molar-refractivity contribution >= 4 is 68.6 Å². The molecule has 0 atom stereocenters. The van der Waals surface area contributed by atoms with Gasteiger partial charge in [0.2, 0.25) is 0 Å². The zero-order valence-corrected chi connectivity index (χ0v) is 30.1. The van der Waals surface area contributed by atoms with Crippen molar-refractivity contribution in [1.82, 2.24) is 0 Å². The minimum absolute atomic E-state index is 0.0629. The zero-order chi connectivity index (χ0) is 35.7. The van der Waals surface area contributed by atoms with E-state index in [2.05, 4.69) is 223 Å². The Morgan fingerprint density at radius 2 is 1.13 bits per heavy atom. The molecule has 0 saturated carbocycles. The van der Waals surface area contributed by atoms with Crippen LogP contribution < -0.4 is 31.1 Å². The van der Waals surface area contributed by atoms with Gasteiger partial charge >= 0.3 is 0 Å². The van der Waals surface area contributed by atoms with E-state index in [1.165, 1.54) is 56.0 Å². The van der Waals surface area contributed by atoms with Crippen LogP contribution in [0.25, 0.3) is 11.1 Å². The molecular weight excluding hydrogens is 641 g/mol. The fourth-order valence-electron chi connectivity index (χ4n) is 8.21. The molecule has 7 aromatic rings. The second kappa shape index (κ2) is 13.9. The number of allylic oxidation sites excluding steroid dienone is 3. The van der Waals surface area contributed by atoms with Crippen LogP contribution in [0.15, 0.2) is 200 Å². The number of hydrogen-bond donors (Lipinski definition) is 0. The molecule has 0 unspecified atom stereocenters. The van der Waals surface area contributed by atoms with Crippen LogP contribution in [0.2, 0.25) is 0 Å². The van der Waals surface area contributed by atoms with Crippen LogP contribution in [0.1, 0.15) is 20.3 Å². The van der Waals surface area contributed by atoms with Gasteiger partial charge in [0.1, 0.15) is 0 Å². The summed E-state index contributed by atoms with van der Waals surface area (Å²) in [5.41, 5.74) is 16.9. The lowest BCUT2D eigenvalue weighted by Crippen LogP contribution is -2.61. The van der Waals surface area contributed by atoms with Gasteiger partial charge in [-0.1, -0.05) is 128 Å². The summed E-state index contributed by atoms with van der Waals surface area (Å²) in [6.07, 6.45) is 7.67. The fourth-order valence-corrected chi connectivity index (χ4v) is 8.21. The lowest BCUT2D eigenvalue weighted by Gasteiger charge is -2.44. The molecular formula is C49H40BN3. The summed E-state index contributed by atoms with van der Waals surface area (Å²) in [6, 6.07) is 64.0. The molecule has 2 aliphatic heterocycles. The number of rotatable bonds is 8. The Labute approximate surface area is 313 Å². The van der Waals surface area contributed by atoms with Crippen LogP contribution in [-0.2, 0) is 0 Å². The highest BCUT2D eigenvalue weighted by Gasteiger charge is 2.43. The first-order valence-corrected chi connectivity index (χ1v) is 18.6. The van der Waals surface area contributed by atoms with Crippen LogP contribution in [-0.4, -0.2) is 6.71 Å². The SMILES string of the molecule is C/C=C\C(=C/CC)N1c2ccccc2B2c3ccc(N(c4ccccc4)c4ccccc4)cc3N(c3ccc(-c4ccccc4)cc3)c3cccc1c32. The van der Waals surface area contributed by atoms with Crippen molar-refractivity contribution < 1.29 is 0 Å². The van der Waals surface area contributed by atoms with E-state index in [0.29, 0.717) is 0 Å². The first-order valence-electron chi connectivity index (χ1n) is 18.6. The molecule has 2 aliphatic rings. The molecule has 0 spiro atoms. The number of nitrogens with zero attached hydrogens (tertiary/aromatic N) is 3. The largest absolute Gasteiger partial charge is 0.312 e. The molecule has 0 amide bonds. The van der Waals surface area contributed by atoms with Gasteiger partial charge in [0.05, 0.1) is 0 Å². The molecule has 9 rings (SSSR count). The average Bonchev–Trinajstić information content (AvgIpc) is 3.22. The van der Waals surface area contributed by atoms with Gasteiger partial charge in [-0.15, -0.1) is 0 Å². The topological polar surface area (TPSA) is 9.72 Å². The van der Waals surface area contributed by atoms with Crippen molar-refractivity contribution in [2.45, 2.75) is 20.3 Å². The van der Waals surface area contributed by atoms with E-state index in [0.717, 1.165) is 29.2 Å². The quantitative estimate of drug-likeness (QED) is 0.117. The Kier molecular flexibility index (Phi) is 8.49. The highest BCUT2D eigenvalue weighted by molar-refractivity contribution is 7.00. The van der Waals surface area contributed by atoms with Crippen LogP contribution in [0.3, 0.4) is 0 Å². The third-order valence-corrected chi connectivity index (χ3v) is 10.4. The third kappa shape index (κ3) is 5.64. The van der Waals surface area contributed by atoms with Gasteiger partial charge in [-0.05, 0) is 114 Å². The summed E-state index contributed by atoms with van der Waals surface area (Å²) in [7, 11) is 0. The van der Waals surface area contributed by atoms with E-state index < -0.39 is 0 Å². The maximum Gasteiger partial charge on any atom is 0.252 e. The smallest absolute Gasteiger partial charge is 0.252 e. The standard InChI is InChI=1S/C49H40BN3/c1-3-17-38(18-4-2)52-45-26-15-14-25-43(45)50-44-34-33-42(51(39-21-10-6-11-22-39)40-23-12-7-13-24-40)35-48(44)53(47-28-16-27-46(52)49(47)50)41-31-29-37(30-32-41)36-19-8-5-9-20-36/h3,5-35H,4H2,1-2H3/b17-3-,38-18+. The second-order valence-electron chi connectivity index (χ2n) is 13.6. The summed E-state index contributed by atoms with van der Waals surface area (Å²) >= 11 is 0. The lowest BCUT2D eigenvalue weighted by molar-refractivity contribution is 1.13. The molecule has 0 bridgehead atoms. The van der Waals surface area contributed by atoms with E-state index >= 15 is 0 Å². The normalized spacial score (nSPS) is 13.1. The summed E-state index contributed by atoms with van der Waals surface area (Å²) in [5, 5.41) is 0. The molecule has 2 heterocycles. The number of hydrogen-bond acceptors (Lipinski definition) is 3. The Morgan fingerprint density at radius 3 is 1.81 bits per heavy atom. The molecule has 254 valence electrons. The Morgan fingerprint density at radius 1 is 0.547 bits per heavy atom. The van der Waals surface area contributed by atoms with E-state index in [1.54, 1.807) is 0 Å². The molecule has 7 aromatic carbocycles. The number of para-hydroxylation sites is 3. The van der Waals surface area contributed by atoms with Gasteiger partial charge in [-0.25, -0.2) is 0 Å². The van der Waals surface area contributed by atoms with Crippen LogP contribution >= 0.6 is 0 Å². The predicted molar refractivity (Wildman–Crippen MR) is 228 cm³/mol. The molecule has 0 aromatic heterocycles. The van der Waals surface area contributed by atoms with E-state index in [9.17, 15) is 0 Å². The van der Waals surface area contributed by atoms with Crippen LogP contribution in [0, 0.1) is 0 Å². The molecule has 0 fully saturated rings. The minimum atomic E-state index is 0.0629. The Hall–Kier alpha value is -6.52. The Balaban J connectivity index is 1.30. The van der Waals surface area contributed by atoms with Crippen molar-refractivity contribution in [2.75, 3.05) is 14.7 Å². The van der Waals surface area contributed by atoms with Gasteiger partial charge < -0.3 is 14.7 Å². The molecule has 53 heavy (non-hydrogen) atoms. The van der Waals surface area contributed by atoms with Gasteiger partial charge in [0.25, 0.3) is 6.71 Å². The van der Waals surface area contributed by atoms with E-state index in [-0.39, 0.29) is 6.71 Å². The molecule has 0 N–H and O–H groups in total. The number of anilines is 8. The van der Waals surface area contributed by atoms with Crippen molar-refractivity contribution in [3.63, 3.8) is 0 Å². The minimum Gasteiger partial charge on any atom is -0.312 e. The Bertz CT molecular complexity index is 2420. The number of benzene rings is 7. The molecule has 3 nitrogen and oxygen atoms in total. The summed E-state index contributed by atoms with van der Waals surface area (Å²) < 4.78 is 0. The summed E-state index contributed by atoms with van der Waals surface area (Å²) in [5.74, 6) is 0. The zero-order valence-electron chi connectivity index (χ0n) is 30.1. The lowest BCUT2D eigenvalue weighted by atomic mass is 9.33. The first kappa shape index (κ1) is 32.4. The van der Waals surface area contributed by atoms with Crippen LogP contribution in [0.4, 0.5) is 45.5 Å².